The van der Waals surface area contributed by atoms with Gasteiger partial charge in [0.05, 0.1) is 25.4 Å². The Kier molecular flexibility index (Phi) is 6.57. The normalized spacial score (nSPS) is 16.1. The summed E-state index contributed by atoms with van der Waals surface area (Å²) in [6.07, 6.45) is 9.80. The van der Waals surface area contributed by atoms with Gasteiger partial charge >= 0.3 is 0 Å². The largest absolute Gasteiger partial charge is 0.493 e. The standard InChI is InChI=1S/C28H33N3O3/c1-33-25-15-13-20(17-26(25)34-2)29-27-21-10-6-7-11-23(21)31-24-14-12-19(16-22(24)27)30-28(32)18-8-4-3-5-9-18/h12-18H,3-11H2,1-2H3,(H,29,31)(H,30,32). The van der Waals surface area contributed by atoms with Crippen molar-refractivity contribution in [1.29, 1.82) is 0 Å². The highest BCUT2D eigenvalue weighted by molar-refractivity contribution is 6.00. The molecule has 1 fully saturated rings. The Labute approximate surface area is 201 Å². The highest BCUT2D eigenvalue weighted by Gasteiger charge is 2.22. The third-order valence-electron chi connectivity index (χ3n) is 7.16. The fourth-order valence-electron chi connectivity index (χ4n) is 5.31. The summed E-state index contributed by atoms with van der Waals surface area (Å²) in [5.74, 6) is 1.64. The van der Waals surface area contributed by atoms with Gasteiger partial charge in [-0.15, -0.1) is 0 Å². The Balaban J connectivity index is 1.53. The molecule has 0 radical (unpaired) electrons. The van der Waals surface area contributed by atoms with E-state index in [9.17, 15) is 4.79 Å². The Morgan fingerprint density at radius 3 is 2.44 bits per heavy atom. The van der Waals surface area contributed by atoms with E-state index < -0.39 is 0 Å². The topological polar surface area (TPSA) is 72.5 Å². The Hall–Kier alpha value is -3.28. The molecule has 6 nitrogen and oxygen atoms in total. The molecule has 1 amide bonds. The number of hydrogen-bond acceptors (Lipinski definition) is 5. The zero-order valence-corrected chi connectivity index (χ0v) is 20.1. The van der Waals surface area contributed by atoms with Crippen molar-refractivity contribution in [1.82, 2.24) is 4.98 Å². The van der Waals surface area contributed by atoms with Crippen LogP contribution in [-0.4, -0.2) is 25.1 Å². The summed E-state index contributed by atoms with van der Waals surface area (Å²) in [5.41, 5.74) is 6.20. The number of amides is 1. The number of carbonyl (C=O) groups excluding carboxylic acids is 1. The molecule has 2 aromatic carbocycles. The second-order valence-electron chi connectivity index (χ2n) is 9.37. The number of rotatable bonds is 6. The van der Waals surface area contributed by atoms with Crippen LogP contribution < -0.4 is 20.1 Å². The van der Waals surface area contributed by atoms with Crippen LogP contribution in [0.3, 0.4) is 0 Å². The minimum Gasteiger partial charge on any atom is -0.493 e. The van der Waals surface area contributed by atoms with Crippen LogP contribution in [0.4, 0.5) is 17.1 Å². The molecule has 0 saturated heterocycles. The summed E-state index contributed by atoms with van der Waals surface area (Å²) in [6, 6.07) is 11.9. The average molecular weight is 460 g/mol. The lowest BCUT2D eigenvalue weighted by molar-refractivity contribution is -0.120. The summed E-state index contributed by atoms with van der Waals surface area (Å²) >= 11 is 0. The lowest BCUT2D eigenvalue weighted by Crippen LogP contribution is -2.24. The second-order valence-corrected chi connectivity index (χ2v) is 9.37. The summed E-state index contributed by atoms with van der Waals surface area (Å²) in [5, 5.41) is 7.86. The first-order valence-electron chi connectivity index (χ1n) is 12.4. The number of ether oxygens (including phenoxy) is 2. The summed E-state index contributed by atoms with van der Waals surface area (Å²) in [6.45, 7) is 0. The number of hydrogen-bond donors (Lipinski definition) is 2. The van der Waals surface area contributed by atoms with Crippen molar-refractivity contribution in [2.24, 2.45) is 5.92 Å². The molecule has 0 unspecified atom stereocenters. The zero-order chi connectivity index (χ0) is 23.5. The van der Waals surface area contributed by atoms with Gasteiger partial charge in [-0.2, -0.15) is 0 Å². The molecule has 2 N–H and O–H groups in total. The number of fused-ring (bicyclic) bond motifs is 2. The molecule has 0 atom stereocenters. The molecule has 5 rings (SSSR count). The molecule has 178 valence electrons. The number of pyridine rings is 1. The summed E-state index contributed by atoms with van der Waals surface area (Å²) < 4.78 is 10.9. The van der Waals surface area contributed by atoms with Crippen LogP contribution >= 0.6 is 0 Å². The molecule has 6 heteroatoms. The van der Waals surface area contributed by atoms with Gasteiger partial charge in [0.1, 0.15) is 0 Å². The number of nitrogens with zero attached hydrogens (tertiary/aromatic N) is 1. The van der Waals surface area contributed by atoms with Crippen molar-refractivity contribution in [3.05, 3.63) is 47.7 Å². The van der Waals surface area contributed by atoms with Crippen LogP contribution in [0, 0.1) is 5.92 Å². The van der Waals surface area contributed by atoms with Crippen LogP contribution in [-0.2, 0) is 17.6 Å². The lowest BCUT2D eigenvalue weighted by atomic mass is 9.88. The van der Waals surface area contributed by atoms with Crippen LogP contribution in [0.15, 0.2) is 36.4 Å². The van der Waals surface area contributed by atoms with E-state index in [2.05, 4.69) is 16.7 Å². The highest BCUT2D eigenvalue weighted by Crippen LogP contribution is 2.38. The molecule has 1 aromatic heterocycles. The van der Waals surface area contributed by atoms with Crippen LogP contribution in [0.5, 0.6) is 11.5 Å². The minimum atomic E-state index is 0.121. The summed E-state index contributed by atoms with van der Waals surface area (Å²) in [4.78, 5) is 17.9. The molecule has 0 bridgehead atoms. The molecule has 0 aliphatic heterocycles. The van der Waals surface area contributed by atoms with Crippen molar-refractivity contribution < 1.29 is 14.3 Å². The molecular weight excluding hydrogens is 426 g/mol. The van der Waals surface area contributed by atoms with Crippen LogP contribution in [0.1, 0.15) is 56.2 Å². The SMILES string of the molecule is COc1ccc(Nc2c3c(nc4ccc(NC(=O)C5CCCCC5)cc24)CCCC3)cc1OC. The maximum Gasteiger partial charge on any atom is 0.227 e. The van der Waals surface area contributed by atoms with Crippen molar-refractivity contribution in [2.45, 2.75) is 57.8 Å². The Morgan fingerprint density at radius 1 is 0.882 bits per heavy atom. The first-order chi connectivity index (χ1) is 16.7. The molecule has 3 aromatic rings. The molecule has 1 saturated carbocycles. The van der Waals surface area contributed by atoms with Crippen molar-refractivity contribution in [3.8, 4) is 11.5 Å². The predicted octanol–water partition coefficient (Wildman–Crippen LogP) is 6.39. The average Bonchev–Trinajstić information content (AvgIpc) is 2.89. The van der Waals surface area contributed by atoms with Crippen molar-refractivity contribution >= 4 is 33.9 Å². The van der Waals surface area contributed by atoms with E-state index in [1.807, 2.05) is 30.3 Å². The zero-order valence-electron chi connectivity index (χ0n) is 20.1. The third-order valence-corrected chi connectivity index (χ3v) is 7.16. The van der Waals surface area contributed by atoms with E-state index in [4.69, 9.17) is 14.5 Å². The fraction of sp³-hybridized carbons (Fsp3) is 0.429. The van der Waals surface area contributed by atoms with E-state index in [1.54, 1.807) is 14.2 Å². The van der Waals surface area contributed by atoms with Crippen molar-refractivity contribution in [2.75, 3.05) is 24.9 Å². The van der Waals surface area contributed by atoms with E-state index in [1.165, 1.54) is 17.7 Å². The summed E-state index contributed by atoms with van der Waals surface area (Å²) in [7, 11) is 3.29. The van der Waals surface area contributed by atoms with Crippen LogP contribution in [0.25, 0.3) is 10.9 Å². The van der Waals surface area contributed by atoms with Gasteiger partial charge in [-0.05, 0) is 74.4 Å². The van der Waals surface area contributed by atoms with Gasteiger partial charge in [0.15, 0.2) is 11.5 Å². The second kappa shape index (κ2) is 9.92. The molecule has 34 heavy (non-hydrogen) atoms. The van der Waals surface area contributed by atoms with E-state index in [0.717, 1.165) is 79.3 Å². The number of benzene rings is 2. The smallest absolute Gasteiger partial charge is 0.227 e. The Bertz CT molecular complexity index is 1200. The van der Waals surface area contributed by atoms with Gasteiger partial charge < -0.3 is 20.1 Å². The Morgan fingerprint density at radius 2 is 1.65 bits per heavy atom. The number of nitrogens with one attached hydrogen (secondary N) is 2. The van der Waals surface area contributed by atoms with E-state index in [-0.39, 0.29) is 11.8 Å². The van der Waals surface area contributed by atoms with Gasteiger partial charge in [0.2, 0.25) is 5.91 Å². The van der Waals surface area contributed by atoms with Crippen LogP contribution in [0.2, 0.25) is 0 Å². The van der Waals surface area contributed by atoms with Crippen molar-refractivity contribution in [3.63, 3.8) is 0 Å². The molecule has 2 aliphatic carbocycles. The molecule has 1 heterocycles. The van der Waals surface area contributed by atoms with E-state index >= 15 is 0 Å². The lowest BCUT2D eigenvalue weighted by Gasteiger charge is -2.23. The highest BCUT2D eigenvalue weighted by atomic mass is 16.5. The fourth-order valence-corrected chi connectivity index (χ4v) is 5.31. The maximum absolute atomic E-state index is 12.9. The number of carbonyl (C=O) groups is 1. The van der Waals surface area contributed by atoms with Gasteiger partial charge in [-0.25, -0.2) is 0 Å². The van der Waals surface area contributed by atoms with E-state index in [0.29, 0.717) is 11.5 Å². The first-order valence-corrected chi connectivity index (χ1v) is 12.4. The number of anilines is 3. The predicted molar refractivity (Wildman–Crippen MR) is 136 cm³/mol. The molecule has 2 aliphatic rings. The van der Waals surface area contributed by atoms with Gasteiger partial charge in [-0.3, -0.25) is 9.78 Å². The number of methoxy groups -OCH3 is 2. The third kappa shape index (κ3) is 4.54. The maximum atomic E-state index is 12.9. The number of aryl methyl sites for hydroxylation is 1. The number of aromatic nitrogens is 1. The molecular formula is C28H33N3O3. The quantitative estimate of drug-likeness (QED) is 0.447. The minimum absolute atomic E-state index is 0.121. The van der Waals surface area contributed by atoms with Gasteiger partial charge in [0.25, 0.3) is 0 Å². The first kappa shape index (κ1) is 22.5. The van der Waals surface area contributed by atoms with Gasteiger partial charge in [0, 0.05) is 34.4 Å². The molecule has 0 spiro atoms. The van der Waals surface area contributed by atoms with Gasteiger partial charge in [-0.1, -0.05) is 19.3 Å². The monoisotopic (exact) mass is 459 g/mol.